The summed E-state index contributed by atoms with van der Waals surface area (Å²) in [6, 6.07) is 3.64. The zero-order chi connectivity index (χ0) is 21.0. The predicted molar refractivity (Wildman–Crippen MR) is 100 cm³/mol. The van der Waals surface area contributed by atoms with Crippen molar-refractivity contribution in [1.29, 1.82) is 0 Å². The summed E-state index contributed by atoms with van der Waals surface area (Å²) in [6.45, 7) is 1.57. The lowest BCUT2D eigenvalue weighted by Gasteiger charge is -2.20. The van der Waals surface area contributed by atoms with Crippen LogP contribution >= 0.6 is 0 Å². The van der Waals surface area contributed by atoms with Crippen molar-refractivity contribution in [2.24, 2.45) is 0 Å². The molecule has 3 rings (SSSR count). The third kappa shape index (κ3) is 5.36. The second-order valence-corrected chi connectivity index (χ2v) is 6.17. The van der Waals surface area contributed by atoms with Crippen LogP contribution in [-0.2, 0) is 6.18 Å². The van der Waals surface area contributed by atoms with Crippen LogP contribution in [0.25, 0.3) is 17.6 Å². The topological polar surface area (TPSA) is 92.0 Å². The molecule has 0 fully saturated rings. The molecule has 8 nitrogen and oxygen atoms in total. The number of halogens is 3. The van der Waals surface area contributed by atoms with E-state index in [1.165, 1.54) is 46.9 Å². The van der Waals surface area contributed by atoms with Gasteiger partial charge in [0.05, 0.1) is 11.8 Å². The highest BCUT2D eigenvalue weighted by Gasteiger charge is 2.31. The van der Waals surface area contributed by atoms with Gasteiger partial charge >= 0.3 is 6.18 Å². The van der Waals surface area contributed by atoms with Gasteiger partial charge in [-0.15, -0.1) is 5.10 Å². The largest absolute Gasteiger partial charge is 0.416 e. The number of hydrazine groups is 1. The number of aryl methyl sites for hydroxylation is 1. The SMILES string of the molecule is Cc1cc(-c2ncn(/C=C\C(O)NN(C)c3cnccn3)n2)cc(C(F)(F)F)c1. The summed E-state index contributed by atoms with van der Waals surface area (Å²) >= 11 is 0. The molecule has 0 amide bonds. The van der Waals surface area contributed by atoms with E-state index in [4.69, 9.17) is 0 Å². The summed E-state index contributed by atoms with van der Waals surface area (Å²) in [5.74, 6) is 0.644. The molecule has 1 aromatic carbocycles. The van der Waals surface area contributed by atoms with Gasteiger partial charge < -0.3 is 5.11 Å². The molecule has 0 aliphatic heterocycles. The van der Waals surface area contributed by atoms with Gasteiger partial charge in [0, 0.05) is 31.2 Å². The third-order valence-corrected chi connectivity index (χ3v) is 3.81. The van der Waals surface area contributed by atoms with Gasteiger partial charge in [0.1, 0.15) is 12.6 Å². The fraction of sp³-hybridized carbons (Fsp3) is 0.222. The highest BCUT2D eigenvalue weighted by molar-refractivity contribution is 5.57. The van der Waals surface area contributed by atoms with Crippen LogP contribution in [-0.4, -0.2) is 43.1 Å². The van der Waals surface area contributed by atoms with E-state index >= 15 is 0 Å². The van der Waals surface area contributed by atoms with Crippen molar-refractivity contribution in [2.45, 2.75) is 19.3 Å². The van der Waals surface area contributed by atoms with Crippen molar-refractivity contribution in [1.82, 2.24) is 30.2 Å². The molecule has 1 unspecified atom stereocenters. The standard InChI is InChI=1S/C18H18F3N7O/c1-12-7-13(9-14(8-12)18(19,20)21)17-24-11-28(26-17)6-3-16(29)25-27(2)15-10-22-4-5-23-15/h3-11,16,25,29H,1-2H3/b6-3-. The first-order valence-electron chi connectivity index (χ1n) is 8.45. The summed E-state index contributed by atoms with van der Waals surface area (Å²) < 4.78 is 40.3. The third-order valence-electron chi connectivity index (χ3n) is 3.81. The van der Waals surface area contributed by atoms with Gasteiger partial charge in [-0.25, -0.2) is 20.1 Å². The number of aliphatic hydroxyl groups excluding tert-OH is 1. The maximum Gasteiger partial charge on any atom is 0.416 e. The molecule has 0 spiro atoms. The number of aromatic nitrogens is 5. The van der Waals surface area contributed by atoms with E-state index in [1.807, 2.05) is 0 Å². The molecule has 29 heavy (non-hydrogen) atoms. The fourth-order valence-corrected chi connectivity index (χ4v) is 2.50. The van der Waals surface area contributed by atoms with Gasteiger partial charge in [-0.05, 0) is 36.8 Å². The van der Waals surface area contributed by atoms with Crippen molar-refractivity contribution < 1.29 is 18.3 Å². The minimum atomic E-state index is -4.45. The second-order valence-electron chi connectivity index (χ2n) is 6.17. The van der Waals surface area contributed by atoms with Gasteiger partial charge in [-0.3, -0.25) is 9.99 Å². The van der Waals surface area contributed by atoms with E-state index < -0.39 is 18.0 Å². The number of nitrogens with one attached hydrogen (secondary N) is 1. The fourth-order valence-electron chi connectivity index (χ4n) is 2.50. The zero-order valence-electron chi connectivity index (χ0n) is 15.5. The van der Waals surface area contributed by atoms with Crippen LogP contribution < -0.4 is 10.4 Å². The minimum absolute atomic E-state index is 0.142. The Hall–Kier alpha value is -3.31. The summed E-state index contributed by atoms with van der Waals surface area (Å²) in [6.07, 6.45) is 3.19. The molecule has 3 aromatic rings. The minimum Gasteiger partial charge on any atom is -0.373 e. The molecule has 2 N–H and O–H groups in total. The van der Waals surface area contributed by atoms with Crippen LogP contribution in [0.2, 0.25) is 0 Å². The van der Waals surface area contributed by atoms with Crippen LogP contribution in [0.1, 0.15) is 11.1 Å². The molecule has 0 saturated heterocycles. The maximum absolute atomic E-state index is 13.0. The molecule has 0 bridgehead atoms. The van der Waals surface area contributed by atoms with E-state index in [-0.39, 0.29) is 11.4 Å². The van der Waals surface area contributed by atoms with Crippen molar-refractivity contribution in [3.05, 3.63) is 60.3 Å². The van der Waals surface area contributed by atoms with Gasteiger partial charge in [0.15, 0.2) is 11.6 Å². The van der Waals surface area contributed by atoms with Gasteiger partial charge in [-0.1, -0.05) is 0 Å². The Labute approximate surface area is 164 Å². The molecular weight excluding hydrogens is 387 g/mol. The van der Waals surface area contributed by atoms with Gasteiger partial charge in [0.25, 0.3) is 0 Å². The number of rotatable bonds is 6. The molecule has 152 valence electrons. The lowest BCUT2D eigenvalue weighted by atomic mass is 10.1. The Morgan fingerprint density at radius 1 is 1.21 bits per heavy atom. The molecule has 1 atom stereocenters. The Bertz CT molecular complexity index is 989. The lowest BCUT2D eigenvalue weighted by Crippen LogP contribution is -2.41. The summed E-state index contributed by atoms with van der Waals surface area (Å²) in [5.41, 5.74) is 2.70. The van der Waals surface area contributed by atoms with Crippen molar-refractivity contribution >= 4 is 12.0 Å². The number of aliphatic hydroxyl groups is 1. The van der Waals surface area contributed by atoms with E-state index in [1.54, 1.807) is 20.0 Å². The van der Waals surface area contributed by atoms with Crippen LogP contribution in [0, 0.1) is 6.92 Å². The summed E-state index contributed by atoms with van der Waals surface area (Å²) in [5, 5.41) is 15.7. The Kier molecular flexibility index (Phi) is 5.89. The second kappa shape index (κ2) is 8.37. The summed E-state index contributed by atoms with van der Waals surface area (Å²) in [7, 11) is 1.66. The number of anilines is 1. The number of nitrogens with zero attached hydrogens (tertiary/aromatic N) is 6. The number of alkyl halides is 3. The molecular formula is C18H18F3N7O. The number of hydrogen-bond donors (Lipinski definition) is 2. The first-order chi connectivity index (χ1) is 13.7. The van der Waals surface area contributed by atoms with Crippen molar-refractivity contribution in [3.8, 4) is 11.4 Å². The van der Waals surface area contributed by atoms with Crippen LogP contribution in [0.15, 0.2) is 49.2 Å². The molecule has 0 aliphatic rings. The van der Waals surface area contributed by atoms with Crippen molar-refractivity contribution in [3.63, 3.8) is 0 Å². The van der Waals surface area contributed by atoms with Crippen LogP contribution in [0.4, 0.5) is 19.0 Å². The first kappa shape index (κ1) is 20.4. The van der Waals surface area contributed by atoms with Crippen LogP contribution in [0.3, 0.4) is 0 Å². The zero-order valence-corrected chi connectivity index (χ0v) is 15.5. The first-order valence-corrected chi connectivity index (χ1v) is 8.45. The lowest BCUT2D eigenvalue weighted by molar-refractivity contribution is -0.137. The van der Waals surface area contributed by atoms with Gasteiger partial charge in [-0.2, -0.15) is 13.2 Å². The van der Waals surface area contributed by atoms with E-state index in [0.717, 1.165) is 12.1 Å². The van der Waals surface area contributed by atoms with Crippen LogP contribution in [0.5, 0.6) is 0 Å². The Morgan fingerprint density at radius 2 is 2.00 bits per heavy atom. The smallest absolute Gasteiger partial charge is 0.373 e. The molecule has 0 saturated carbocycles. The molecule has 2 aromatic heterocycles. The normalized spacial score (nSPS) is 13.0. The average Bonchev–Trinajstić information content (AvgIpc) is 3.15. The maximum atomic E-state index is 13.0. The Morgan fingerprint density at radius 3 is 2.69 bits per heavy atom. The highest BCUT2D eigenvalue weighted by atomic mass is 19.4. The quantitative estimate of drug-likeness (QED) is 0.481. The highest BCUT2D eigenvalue weighted by Crippen LogP contribution is 2.32. The number of hydrogen-bond acceptors (Lipinski definition) is 7. The Balaban J connectivity index is 1.69. The predicted octanol–water partition coefficient (Wildman–Crippen LogP) is 2.49. The number of benzene rings is 1. The molecule has 11 heteroatoms. The van der Waals surface area contributed by atoms with Crippen molar-refractivity contribution in [2.75, 3.05) is 12.1 Å². The van der Waals surface area contributed by atoms with E-state index in [2.05, 4.69) is 25.5 Å². The monoisotopic (exact) mass is 405 g/mol. The van der Waals surface area contributed by atoms with E-state index in [9.17, 15) is 18.3 Å². The van der Waals surface area contributed by atoms with Gasteiger partial charge in [0.2, 0.25) is 0 Å². The van der Waals surface area contributed by atoms with E-state index in [0.29, 0.717) is 11.4 Å². The molecule has 2 heterocycles. The average molecular weight is 405 g/mol. The molecule has 0 aliphatic carbocycles. The molecule has 0 radical (unpaired) electrons. The summed E-state index contributed by atoms with van der Waals surface area (Å²) in [4.78, 5) is 12.0.